The first-order valence-electron chi connectivity index (χ1n) is 10.6. The minimum absolute atomic E-state index is 0.0588. The second-order valence-corrected chi connectivity index (χ2v) is 7.53. The highest BCUT2D eigenvalue weighted by molar-refractivity contribution is 6.09. The van der Waals surface area contributed by atoms with Crippen LogP contribution in [0.1, 0.15) is 28.8 Å². The second-order valence-electron chi connectivity index (χ2n) is 7.53. The van der Waals surface area contributed by atoms with Crippen molar-refractivity contribution in [2.45, 2.75) is 18.9 Å². The lowest BCUT2D eigenvalue weighted by atomic mass is 10.0. The first-order valence-corrected chi connectivity index (χ1v) is 10.6. The maximum Gasteiger partial charge on any atom is 0.262 e. The van der Waals surface area contributed by atoms with Crippen molar-refractivity contribution in [1.29, 1.82) is 0 Å². The molecule has 1 atom stereocenters. The molecule has 0 unspecified atom stereocenters. The topological polar surface area (TPSA) is 73.9 Å². The lowest BCUT2D eigenvalue weighted by Crippen LogP contribution is -2.20. The first-order chi connectivity index (χ1) is 15.7. The number of nitrogens with one attached hydrogen (secondary N) is 1. The summed E-state index contributed by atoms with van der Waals surface area (Å²) in [5.41, 5.74) is 1.82. The Bertz CT molecular complexity index is 1040. The molecule has 0 bridgehead atoms. The summed E-state index contributed by atoms with van der Waals surface area (Å²) in [7, 11) is 0. The molecule has 6 nitrogen and oxygen atoms in total. The molecule has 1 N–H and O–H groups in total. The van der Waals surface area contributed by atoms with Gasteiger partial charge in [0.05, 0.1) is 6.10 Å². The Kier molecular flexibility index (Phi) is 7.15. The number of ketones is 1. The average molecular weight is 431 g/mol. The first kappa shape index (κ1) is 21.6. The van der Waals surface area contributed by atoms with Crippen molar-refractivity contribution in [3.63, 3.8) is 0 Å². The quantitative estimate of drug-likeness (QED) is 0.505. The summed E-state index contributed by atoms with van der Waals surface area (Å²) in [6.07, 6.45) is 2.21. The third-order valence-electron chi connectivity index (χ3n) is 5.10. The Labute approximate surface area is 187 Å². The van der Waals surface area contributed by atoms with E-state index in [2.05, 4.69) is 5.32 Å². The monoisotopic (exact) mass is 431 g/mol. The molecule has 3 aromatic carbocycles. The zero-order valence-electron chi connectivity index (χ0n) is 17.7. The normalized spacial score (nSPS) is 15.2. The molecule has 0 aromatic heterocycles. The lowest BCUT2D eigenvalue weighted by Gasteiger charge is -2.13. The van der Waals surface area contributed by atoms with Gasteiger partial charge in [-0.25, -0.2) is 0 Å². The van der Waals surface area contributed by atoms with Gasteiger partial charge in [-0.2, -0.15) is 0 Å². The van der Waals surface area contributed by atoms with Gasteiger partial charge < -0.3 is 19.5 Å². The number of hydrogen-bond donors (Lipinski definition) is 1. The van der Waals surface area contributed by atoms with Crippen molar-refractivity contribution in [2.24, 2.45) is 0 Å². The number of benzene rings is 3. The molecule has 164 valence electrons. The molecule has 0 radical (unpaired) electrons. The number of carbonyl (C=O) groups is 2. The molecule has 1 heterocycles. The van der Waals surface area contributed by atoms with Crippen LogP contribution in [0.25, 0.3) is 0 Å². The van der Waals surface area contributed by atoms with E-state index in [1.54, 1.807) is 48.5 Å². The van der Waals surface area contributed by atoms with E-state index < -0.39 is 0 Å². The summed E-state index contributed by atoms with van der Waals surface area (Å²) >= 11 is 0. The Hall–Kier alpha value is -3.64. The fraction of sp³-hybridized carbons (Fsp3) is 0.231. The second kappa shape index (κ2) is 10.6. The van der Waals surface area contributed by atoms with Crippen LogP contribution in [0.3, 0.4) is 0 Å². The highest BCUT2D eigenvalue weighted by atomic mass is 16.5. The molecule has 1 fully saturated rings. The fourth-order valence-corrected chi connectivity index (χ4v) is 3.43. The average Bonchev–Trinajstić information content (AvgIpc) is 3.36. The van der Waals surface area contributed by atoms with E-state index >= 15 is 0 Å². The van der Waals surface area contributed by atoms with Gasteiger partial charge in [0.25, 0.3) is 5.91 Å². The van der Waals surface area contributed by atoms with Crippen LogP contribution in [0.15, 0.2) is 78.9 Å². The van der Waals surface area contributed by atoms with Crippen LogP contribution in [0, 0.1) is 0 Å². The van der Waals surface area contributed by atoms with Crippen LogP contribution < -0.4 is 14.8 Å². The van der Waals surface area contributed by atoms with Crippen molar-refractivity contribution in [1.82, 2.24) is 0 Å². The predicted molar refractivity (Wildman–Crippen MR) is 121 cm³/mol. The lowest BCUT2D eigenvalue weighted by molar-refractivity contribution is -0.118. The number of ether oxygens (including phenoxy) is 3. The van der Waals surface area contributed by atoms with Gasteiger partial charge in [-0.05, 0) is 49.2 Å². The van der Waals surface area contributed by atoms with Gasteiger partial charge in [0.1, 0.15) is 18.1 Å². The Morgan fingerprint density at radius 1 is 0.875 bits per heavy atom. The molecule has 32 heavy (non-hydrogen) atoms. The van der Waals surface area contributed by atoms with Gasteiger partial charge in [-0.1, -0.05) is 36.4 Å². The van der Waals surface area contributed by atoms with Crippen molar-refractivity contribution in [2.75, 3.05) is 25.1 Å². The van der Waals surface area contributed by atoms with Crippen LogP contribution in [0.2, 0.25) is 0 Å². The Balaban J connectivity index is 1.26. The molecule has 1 saturated heterocycles. The van der Waals surface area contributed by atoms with E-state index in [1.807, 2.05) is 30.3 Å². The summed E-state index contributed by atoms with van der Waals surface area (Å²) in [6.45, 7) is 1.15. The van der Waals surface area contributed by atoms with E-state index in [1.165, 1.54) is 0 Å². The molecule has 1 aliphatic rings. The van der Waals surface area contributed by atoms with E-state index in [0.717, 1.165) is 19.4 Å². The molecule has 1 aliphatic heterocycles. The van der Waals surface area contributed by atoms with Gasteiger partial charge in [-0.15, -0.1) is 0 Å². The number of carbonyl (C=O) groups excluding carboxylic acids is 2. The van der Waals surface area contributed by atoms with Crippen molar-refractivity contribution in [3.8, 4) is 11.5 Å². The molecule has 6 heteroatoms. The van der Waals surface area contributed by atoms with E-state index in [9.17, 15) is 9.59 Å². The Morgan fingerprint density at radius 2 is 1.66 bits per heavy atom. The minimum atomic E-state index is -0.286. The summed E-state index contributed by atoms with van der Waals surface area (Å²) < 4.78 is 16.9. The third-order valence-corrected chi connectivity index (χ3v) is 5.10. The summed E-state index contributed by atoms with van der Waals surface area (Å²) in [5.74, 6) is 0.846. The standard InChI is InChI=1S/C26H25NO5/c28-25(27-21-8-4-9-23(16-21)31-17-24-10-5-15-30-24)18-32-22-13-11-20(12-14-22)26(29)19-6-2-1-3-7-19/h1-4,6-9,11-14,16,24H,5,10,15,17-18H2,(H,27,28)/t24-/m0/s1. The van der Waals surface area contributed by atoms with Crippen LogP contribution in [0.4, 0.5) is 5.69 Å². The summed E-state index contributed by atoms with van der Waals surface area (Å²) in [4.78, 5) is 24.7. The van der Waals surface area contributed by atoms with Crippen LogP contribution in [-0.4, -0.2) is 37.6 Å². The zero-order chi connectivity index (χ0) is 22.2. The molecular weight excluding hydrogens is 406 g/mol. The van der Waals surface area contributed by atoms with Crippen molar-refractivity contribution in [3.05, 3.63) is 90.0 Å². The SMILES string of the molecule is O=C(COc1ccc(C(=O)c2ccccc2)cc1)Nc1cccc(OC[C@@H]2CCCO2)c1. The largest absolute Gasteiger partial charge is 0.491 e. The van der Waals surface area contributed by atoms with Crippen molar-refractivity contribution < 1.29 is 23.8 Å². The summed E-state index contributed by atoms with van der Waals surface area (Å²) in [6, 6.07) is 23.1. The molecule has 3 aromatic rings. The molecule has 0 saturated carbocycles. The Morgan fingerprint density at radius 3 is 2.41 bits per heavy atom. The fourth-order valence-electron chi connectivity index (χ4n) is 3.43. The predicted octanol–water partition coefficient (Wildman–Crippen LogP) is 4.49. The third kappa shape index (κ3) is 5.95. The van der Waals surface area contributed by atoms with Crippen LogP contribution in [0.5, 0.6) is 11.5 Å². The number of amides is 1. The van der Waals surface area contributed by atoms with Gasteiger partial charge >= 0.3 is 0 Å². The van der Waals surface area contributed by atoms with Crippen molar-refractivity contribution >= 4 is 17.4 Å². The van der Waals surface area contributed by atoms with Gasteiger partial charge in [-0.3, -0.25) is 9.59 Å². The van der Waals surface area contributed by atoms with Gasteiger partial charge in [0.2, 0.25) is 0 Å². The van der Waals surface area contributed by atoms with E-state index in [-0.39, 0.29) is 24.4 Å². The zero-order valence-corrected chi connectivity index (χ0v) is 17.7. The number of anilines is 1. The molecule has 4 rings (SSSR count). The highest BCUT2D eigenvalue weighted by Crippen LogP contribution is 2.20. The minimum Gasteiger partial charge on any atom is -0.491 e. The summed E-state index contributed by atoms with van der Waals surface area (Å²) in [5, 5.41) is 2.80. The molecule has 0 spiro atoms. The number of hydrogen-bond acceptors (Lipinski definition) is 5. The molecule has 0 aliphatic carbocycles. The molecule has 1 amide bonds. The van der Waals surface area contributed by atoms with E-state index in [0.29, 0.717) is 34.9 Å². The van der Waals surface area contributed by atoms with Gasteiger partial charge in [0.15, 0.2) is 12.4 Å². The maximum atomic E-state index is 12.5. The molecular formula is C26H25NO5. The maximum absolute atomic E-state index is 12.5. The number of rotatable bonds is 9. The van der Waals surface area contributed by atoms with Crippen LogP contribution in [-0.2, 0) is 9.53 Å². The van der Waals surface area contributed by atoms with E-state index in [4.69, 9.17) is 14.2 Å². The van der Waals surface area contributed by atoms with Crippen LogP contribution >= 0.6 is 0 Å². The smallest absolute Gasteiger partial charge is 0.262 e. The van der Waals surface area contributed by atoms with Gasteiger partial charge in [0, 0.05) is 29.5 Å². The highest BCUT2D eigenvalue weighted by Gasteiger charge is 2.16.